The predicted molar refractivity (Wildman–Crippen MR) is 150 cm³/mol. The Morgan fingerprint density at radius 1 is 1.00 bits per heavy atom. The third kappa shape index (κ3) is 7.12. The lowest BCUT2D eigenvalue weighted by molar-refractivity contribution is -0.140. The van der Waals surface area contributed by atoms with Crippen LogP contribution >= 0.6 is 0 Å². The van der Waals surface area contributed by atoms with Gasteiger partial charge in [0.1, 0.15) is 12.4 Å². The Labute approximate surface area is 234 Å². The maximum absolute atomic E-state index is 15.0. The van der Waals surface area contributed by atoms with Crippen molar-refractivity contribution in [3.63, 3.8) is 0 Å². The molecule has 1 aliphatic rings. The maximum atomic E-state index is 15.0. The number of halogens is 3. The molecule has 210 valence electrons. The van der Waals surface area contributed by atoms with Crippen LogP contribution in [-0.2, 0) is 9.53 Å². The number of carbonyl (C=O) groups is 1. The van der Waals surface area contributed by atoms with Gasteiger partial charge in [-0.1, -0.05) is 66.6 Å². The number of benzene rings is 3. The van der Waals surface area contributed by atoms with E-state index >= 15 is 4.39 Å². The van der Waals surface area contributed by atoms with Crippen LogP contribution in [0.15, 0.2) is 72.8 Å². The summed E-state index contributed by atoms with van der Waals surface area (Å²) in [6.07, 6.45) is 7.71. The van der Waals surface area contributed by atoms with Crippen molar-refractivity contribution in [2.24, 2.45) is 0 Å². The van der Waals surface area contributed by atoms with E-state index in [9.17, 15) is 13.6 Å². The summed E-state index contributed by atoms with van der Waals surface area (Å²) < 4.78 is 48.9. The van der Waals surface area contributed by atoms with Gasteiger partial charge in [0.25, 0.3) is 0 Å². The lowest BCUT2D eigenvalue weighted by Crippen LogP contribution is -2.57. The molecule has 3 unspecified atom stereocenters. The molecule has 0 saturated carbocycles. The van der Waals surface area contributed by atoms with Crippen molar-refractivity contribution >= 4 is 5.91 Å². The Balaban J connectivity index is 1.62. The standard InChI is InChI=1S/C33H35F3N2O2/c1-3-18-40-19-12-6-11-17-38-23(2)27(28-20-26(34)21-29(35)31(28)36)22-30(33(38)39)37-32(24-13-7-4-8-14-24)25-15-9-5-10-16-25/h1,4-5,7-10,13-16,20-21,23,27,30,32,37H,6,11-12,17-19,22H2,2H3. The molecule has 3 aromatic carbocycles. The molecule has 7 heteroatoms. The number of nitrogens with zero attached hydrogens (tertiary/aromatic N) is 1. The van der Waals surface area contributed by atoms with Crippen molar-refractivity contribution in [1.29, 1.82) is 0 Å². The minimum absolute atomic E-state index is 0.0482. The number of ether oxygens (including phenoxy) is 1. The van der Waals surface area contributed by atoms with Crippen molar-refractivity contribution < 1.29 is 22.7 Å². The summed E-state index contributed by atoms with van der Waals surface area (Å²) in [6, 6.07) is 19.7. The van der Waals surface area contributed by atoms with Gasteiger partial charge < -0.3 is 9.64 Å². The van der Waals surface area contributed by atoms with Crippen LogP contribution in [0.5, 0.6) is 0 Å². The average molecular weight is 549 g/mol. The summed E-state index contributed by atoms with van der Waals surface area (Å²) in [7, 11) is 0. The monoisotopic (exact) mass is 548 g/mol. The summed E-state index contributed by atoms with van der Waals surface area (Å²) >= 11 is 0. The fraction of sp³-hybridized carbons (Fsp3) is 0.364. The molecule has 3 aromatic rings. The van der Waals surface area contributed by atoms with Gasteiger partial charge in [0.15, 0.2) is 11.6 Å². The van der Waals surface area contributed by atoms with Gasteiger partial charge in [0, 0.05) is 31.2 Å². The molecule has 4 rings (SSSR count). The van der Waals surface area contributed by atoms with E-state index in [0.717, 1.165) is 30.0 Å². The molecule has 1 amide bonds. The normalized spacial score (nSPS) is 19.1. The van der Waals surface area contributed by atoms with Gasteiger partial charge in [-0.15, -0.1) is 6.42 Å². The number of likely N-dealkylation sites (tertiary alicyclic amines) is 1. The molecule has 0 spiro atoms. The minimum atomic E-state index is -1.23. The molecule has 4 nitrogen and oxygen atoms in total. The molecular formula is C33H35F3N2O2. The van der Waals surface area contributed by atoms with E-state index < -0.39 is 35.5 Å². The molecule has 0 aromatic heterocycles. The van der Waals surface area contributed by atoms with Crippen LogP contribution in [0.25, 0.3) is 0 Å². The van der Waals surface area contributed by atoms with Crippen molar-refractivity contribution in [2.75, 3.05) is 19.8 Å². The Morgan fingerprint density at radius 3 is 2.27 bits per heavy atom. The highest BCUT2D eigenvalue weighted by atomic mass is 19.2. The zero-order chi connectivity index (χ0) is 28.5. The van der Waals surface area contributed by atoms with E-state index in [1.54, 1.807) is 4.90 Å². The number of hydrogen-bond donors (Lipinski definition) is 1. The lowest BCUT2D eigenvalue weighted by atomic mass is 9.80. The number of amides is 1. The van der Waals surface area contributed by atoms with E-state index in [2.05, 4.69) is 11.2 Å². The van der Waals surface area contributed by atoms with Gasteiger partial charge in [-0.3, -0.25) is 10.1 Å². The molecule has 3 atom stereocenters. The van der Waals surface area contributed by atoms with E-state index in [-0.39, 0.29) is 30.5 Å². The molecule has 40 heavy (non-hydrogen) atoms. The minimum Gasteiger partial charge on any atom is -0.369 e. The molecule has 0 radical (unpaired) electrons. The van der Waals surface area contributed by atoms with Crippen LogP contribution in [0.1, 0.15) is 61.3 Å². The summed E-state index contributed by atoms with van der Waals surface area (Å²) in [5.41, 5.74) is 1.89. The zero-order valence-electron chi connectivity index (χ0n) is 22.7. The second-order valence-electron chi connectivity index (χ2n) is 10.2. The van der Waals surface area contributed by atoms with E-state index in [1.165, 1.54) is 0 Å². The van der Waals surface area contributed by atoms with Crippen LogP contribution in [0, 0.1) is 29.8 Å². The van der Waals surface area contributed by atoms with E-state index in [0.29, 0.717) is 25.6 Å². The number of piperidine rings is 1. The lowest BCUT2D eigenvalue weighted by Gasteiger charge is -2.44. The summed E-state index contributed by atoms with van der Waals surface area (Å²) in [6.45, 7) is 3.05. The molecule has 0 aliphatic carbocycles. The summed E-state index contributed by atoms with van der Waals surface area (Å²) in [4.78, 5) is 15.6. The second-order valence-corrected chi connectivity index (χ2v) is 10.2. The van der Waals surface area contributed by atoms with Crippen LogP contribution in [-0.4, -0.2) is 42.6 Å². The van der Waals surface area contributed by atoms with Crippen LogP contribution in [0.3, 0.4) is 0 Å². The number of carbonyl (C=O) groups excluding carboxylic acids is 1. The van der Waals surface area contributed by atoms with E-state index in [4.69, 9.17) is 11.2 Å². The molecule has 1 N–H and O–H groups in total. The smallest absolute Gasteiger partial charge is 0.240 e. The van der Waals surface area contributed by atoms with Gasteiger partial charge in [-0.2, -0.15) is 0 Å². The third-order valence-corrected chi connectivity index (χ3v) is 7.57. The van der Waals surface area contributed by atoms with Crippen molar-refractivity contribution in [1.82, 2.24) is 10.2 Å². The molecule has 1 aliphatic heterocycles. The first-order valence-electron chi connectivity index (χ1n) is 13.7. The zero-order valence-corrected chi connectivity index (χ0v) is 22.7. The van der Waals surface area contributed by atoms with Gasteiger partial charge in [0.05, 0.1) is 12.1 Å². The number of terminal acetylenes is 1. The van der Waals surface area contributed by atoms with Gasteiger partial charge in [0.2, 0.25) is 5.91 Å². The summed E-state index contributed by atoms with van der Waals surface area (Å²) in [5.74, 6) is -1.42. The second kappa shape index (κ2) is 14.2. The van der Waals surface area contributed by atoms with Crippen LogP contribution in [0.4, 0.5) is 13.2 Å². The van der Waals surface area contributed by atoms with E-state index in [1.807, 2.05) is 67.6 Å². The van der Waals surface area contributed by atoms with Crippen molar-refractivity contribution in [2.45, 2.75) is 56.7 Å². The maximum Gasteiger partial charge on any atom is 0.240 e. The highest BCUT2D eigenvalue weighted by Gasteiger charge is 2.42. The fourth-order valence-electron chi connectivity index (χ4n) is 5.53. The third-order valence-electron chi connectivity index (χ3n) is 7.57. The number of rotatable bonds is 12. The Hall–Kier alpha value is -3.60. The highest BCUT2D eigenvalue weighted by Crippen LogP contribution is 2.37. The Bertz CT molecular complexity index is 1260. The number of hydrogen-bond acceptors (Lipinski definition) is 3. The molecule has 1 fully saturated rings. The topological polar surface area (TPSA) is 41.6 Å². The van der Waals surface area contributed by atoms with Gasteiger partial charge in [-0.05, 0) is 55.4 Å². The first-order valence-corrected chi connectivity index (χ1v) is 13.7. The van der Waals surface area contributed by atoms with Gasteiger partial charge >= 0.3 is 0 Å². The van der Waals surface area contributed by atoms with Gasteiger partial charge in [-0.25, -0.2) is 13.2 Å². The molecule has 0 bridgehead atoms. The summed E-state index contributed by atoms with van der Waals surface area (Å²) in [5, 5.41) is 3.52. The quantitative estimate of drug-likeness (QED) is 0.162. The van der Waals surface area contributed by atoms with Crippen molar-refractivity contribution in [3.05, 3.63) is 107 Å². The fourth-order valence-corrected chi connectivity index (χ4v) is 5.53. The Kier molecular flexibility index (Phi) is 10.4. The first-order chi connectivity index (χ1) is 19.4. The van der Waals surface area contributed by atoms with Crippen LogP contribution < -0.4 is 5.32 Å². The highest BCUT2D eigenvalue weighted by molar-refractivity contribution is 5.83. The number of nitrogens with one attached hydrogen (secondary N) is 1. The molecule has 1 heterocycles. The first kappa shape index (κ1) is 29.4. The SMILES string of the molecule is C#CCOCCCCCN1C(=O)C(NC(c2ccccc2)c2ccccc2)CC(c2cc(F)cc(F)c2F)C1C. The largest absolute Gasteiger partial charge is 0.369 e. The molecular weight excluding hydrogens is 513 g/mol. The molecule has 1 saturated heterocycles. The number of unbranched alkanes of at least 4 members (excludes halogenated alkanes) is 2. The van der Waals surface area contributed by atoms with Crippen molar-refractivity contribution in [3.8, 4) is 12.3 Å². The Morgan fingerprint density at radius 2 is 1.65 bits per heavy atom. The average Bonchev–Trinajstić information content (AvgIpc) is 2.96. The van der Waals surface area contributed by atoms with Crippen LogP contribution in [0.2, 0.25) is 0 Å². The predicted octanol–water partition coefficient (Wildman–Crippen LogP) is 6.38.